The number of hydrogen-bond acceptors (Lipinski definition) is 2. The van der Waals surface area contributed by atoms with E-state index in [0.717, 1.165) is 30.4 Å². The van der Waals surface area contributed by atoms with Crippen molar-refractivity contribution in [3.05, 3.63) is 52.9 Å². The monoisotopic (exact) mass is 293 g/mol. The Morgan fingerprint density at radius 3 is 2.57 bits per heavy atom. The molecular formula is C16H21F2N3. The highest BCUT2D eigenvalue weighted by Gasteiger charge is 2.18. The van der Waals surface area contributed by atoms with Crippen LogP contribution in [0.2, 0.25) is 0 Å². The second kappa shape index (κ2) is 6.80. The molecule has 1 N–H and O–H groups in total. The number of aryl methyl sites for hydroxylation is 2. The van der Waals surface area contributed by atoms with Gasteiger partial charge in [-0.2, -0.15) is 5.10 Å². The summed E-state index contributed by atoms with van der Waals surface area (Å²) in [7, 11) is 1.78. The van der Waals surface area contributed by atoms with E-state index in [1.165, 1.54) is 12.1 Å². The van der Waals surface area contributed by atoms with Gasteiger partial charge >= 0.3 is 0 Å². The first-order chi connectivity index (χ1) is 10.1. The summed E-state index contributed by atoms with van der Waals surface area (Å²) in [6.45, 7) is 4.86. The first kappa shape index (κ1) is 15.6. The van der Waals surface area contributed by atoms with Crippen LogP contribution in [0.1, 0.15) is 36.8 Å². The summed E-state index contributed by atoms with van der Waals surface area (Å²) in [6, 6.07) is 5.55. The standard InChI is InChI=1S/C16H21F2N3/c1-4-12-9-13(21(5-2)20-12)10-16(19-3)14-7-6-11(17)8-15(14)18/h6-9,16,19H,4-5,10H2,1-3H3. The number of aromatic nitrogens is 2. The average molecular weight is 293 g/mol. The van der Waals surface area contributed by atoms with Crippen molar-refractivity contribution < 1.29 is 8.78 Å². The summed E-state index contributed by atoms with van der Waals surface area (Å²) < 4.78 is 28.9. The number of nitrogens with one attached hydrogen (secondary N) is 1. The minimum absolute atomic E-state index is 0.211. The molecule has 0 saturated heterocycles. The van der Waals surface area contributed by atoms with Gasteiger partial charge in [0, 0.05) is 36.3 Å². The van der Waals surface area contributed by atoms with E-state index in [1.807, 2.05) is 11.6 Å². The van der Waals surface area contributed by atoms with Crippen molar-refractivity contribution in [2.75, 3.05) is 7.05 Å². The zero-order chi connectivity index (χ0) is 15.4. The fourth-order valence-electron chi connectivity index (χ4n) is 2.49. The lowest BCUT2D eigenvalue weighted by molar-refractivity contribution is 0.503. The quantitative estimate of drug-likeness (QED) is 0.886. The van der Waals surface area contributed by atoms with E-state index in [0.29, 0.717) is 12.0 Å². The Kier molecular flexibility index (Phi) is 5.07. The molecule has 0 amide bonds. The largest absolute Gasteiger partial charge is 0.313 e. The Labute approximate surface area is 124 Å². The third-order valence-corrected chi connectivity index (χ3v) is 3.68. The van der Waals surface area contributed by atoms with Crippen LogP contribution < -0.4 is 5.32 Å². The predicted octanol–water partition coefficient (Wildman–Crippen LogP) is 3.25. The summed E-state index contributed by atoms with van der Waals surface area (Å²) in [6.07, 6.45) is 1.48. The molecule has 5 heteroatoms. The van der Waals surface area contributed by atoms with Crippen LogP contribution in [0.15, 0.2) is 24.3 Å². The van der Waals surface area contributed by atoms with Gasteiger partial charge in [0.05, 0.1) is 5.69 Å². The molecule has 2 rings (SSSR count). The van der Waals surface area contributed by atoms with E-state index in [1.54, 1.807) is 7.05 Å². The van der Waals surface area contributed by atoms with Gasteiger partial charge in [0.25, 0.3) is 0 Å². The molecule has 1 aromatic heterocycles. The number of hydrogen-bond donors (Lipinski definition) is 1. The Morgan fingerprint density at radius 1 is 1.24 bits per heavy atom. The minimum atomic E-state index is -0.557. The van der Waals surface area contributed by atoms with Crippen LogP contribution in [-0.4, -0.2) is 16.8 Å². The number of benzene rings is 1. The van der Waals surface area contributed by atoms with Crippen molar-refractivity contribution in [2.45, 2.75) is 39.3 Å². The molecule has 1 heterocycles. The number of halogens is 2. The van der Waals surface area contributed by atoms with Gasteiger partial charge in [-0.05, 0) is 32.5 Å². The van der Waals surface area contributed by atoms with E-state index in [9.17, 15) is 8.78 Å². The average Bonchev–Trinajstić information content (AvgIpc) is 2.87. The molecule has 3 nitrogen and oxygen atoms in total. The van der Waals surface area contributed by atoms with Crippen molar-refractivity contribution in [3.63, 3.8) is 0 Å². The van der Waals surface area contributed by atoms with Gasteiger partial charge in [0.2, 0.25) is 0 Å². The highest BCUT2D eigenvalue weighted by Crippen LogP contribution is 2.22. The van der Waals surface area contributed by atoms with Crippen molar-refractivity contribution in [1.82, 2.24) is 15.1 Å². The Morgan fingerprint density at radius 2 is 2.00 bits per heavy atom. The summed E-state index contributed by atoms with van der Waals surface area (Å²) in [4.78, 5) is 0. The van der Waals surface area contributed by atoms with E-state index >= 15 is 0 Å². The molecule has 0 aliphatic carbocycles. The third-order valence-electron chi connectivity index (χ3n) is 3.68. The molecule has 0 bridgehead atoms. The highest BCUT2D eigenvalue weighted by molar-refractivity contribution is 5.24. The lowest BCUT2D eigenvalue weighted by Gasteiger charge is -2.18. The fraction of sp³-hybridized carbons (Fsp3) is 0.438. The zero-order valence-corrected chi connectivity index (χ0v) is 12.7. The van der Waals surface area contributed by atoms with E-state index in [-0.39, 0.29) is 6.04 Å². The van der Waals surface area contributed by atoms with Crippen molar-refractivity contribution in [2.24, 2.45) is 0 Å². The maximum absolute atomic E-state index is 13.9. The van der Waals surface area contributed by atoms with Gasteiger partial charge in [0.15, 0.2) is 0 Å². The van der Waals surface area contributed by atoms with Gasteiger partial charge in [-0.1, -0.05) is 13.0 Å². The molecule has 2 aromatic rings. The molecule has 0 saturated carbocycles. The molecular weight excluding hydrogens is 272 g/mol. The van der Waals surface area contributed by atoms with E-state index in [4.69, 9.17) is 0 Å². The van der Waals surface area contributed by atoms with Crippen LogP contribution in [0, 0.1) is 11.6 Å². The van der Waals surface area contributed by atoms with Crippen LogP contribution in [0.3, 0.4) is 0 Å². The van der Waals surface area contributed by atoms with Crippen LogP contribution in [0.4, 0.5) is 8.78 Å². The van der Waals surface area contributed by atoms with Crippen molar-refractivity contribution in [1.29, 1.82) is 0 Å². The summed E-state index contributed by atoms with van der Waals surface area (Å²) in [5, 5.41) is 7.60. The lowest BCUT2D eigenvalue weighted by Crippen LogP contribution is -2.21. The summed E-state index contributed by atoms with van der Waals surface area (Å²) in [5.41, 5.74) is 2.56. The van der Waals surface area contributed by atoms with Gasteiger partial charge in [0.1, 0.15) is 11.6 Å². The first-order valence-corrected chi connectivity index (χ1v) is 7.26. The van der Waals surface area contributed by atoms with E-state index in [2.05, 4.69) is 23.4 Å². The molecule has 21 heavy (non-hydrogen) atoms. The van der Waals surface area contributed by atoms with Gasteiger partial charge in [-0.25, -0.2) is 8.78 Å². The van der Waals surface area contributed by atoms with Crippen molar-refractivity contribution >= 4 is 0 Å². The van der Waals surface area contributed by atoms with E-state index < -0.39 is 11.6 Å². The molecule has 114 valence electrons. The smallest absolute Gasteiger partial charge is 0.130 e. The fourth-order valence-corrected chi connectivity index (χ4v) is 2.49. The molecule has 0 aliphatic heterocycles. The second-order valence-corrected chi connectivity index (χ2v) is 5.01. The molecule has 1 atom stereocenters. The maximum Gasteiger partial charge on any atom is 0.130 e. The number of rotatable bonds is 6. The molecule has 0 spiro atoms. The topological polar surface area (TPSA) is 29.9 Å². The van der Waals surface area contributed by atoms with Crippen LogP contribution in [0.25, 0.3) is 0 Å². The third kappa shape index (κ3) is 3.47. The number of nitrogens with zero attached hydrogens (tertiary/aromatic N) is 2. The molecule has 0 aliphatic rings. The predicted molar refractivity (Wildman–Crippen MR) is 79.1 cm³/mol. The van der Waals surface area contributed by atoms with Crippen LogP contribution in [-0.2, 0) is 19.4 Å². The van der Waals surface area contributed by atoms with Crippen molar-refractivity contribution in [3.8, 4) is 0 Å². The van der Waals surface area contributed by atoms with Gasteiger partial charge in [-0.3, -0.25) is 4.68 Å². The summed E-state index contributed by atoms with van der Waals surface area (Å²) in [5.74, 6) is -1.08. The minimum Gasteiger partial charge on any atom is -0.313 e. The Hall–Kier alpha value is -1.75. The Bertz CT molecular complexity index is 608. The maximum atomic E-state index is 13.9. The summed E-state index contributed by atoms with van der Waals surface area (Å²) >= 11 is 0. The van der Waals surface area contributed by atoms with Crippen LogP contribution >= 0.6 is 0 Å². The molecule has 1 unspecified atom stereocenters. The van der Waals surface area contributed by atoms with Gasteiger partial charge < -0.3 is 5.32 Å². The first-order valence-electron chi connectivity index (χ1n) is 7.26. The molecule has 1 aromatic carbocycles. The van der Waals surface area contributed by atoms with Gasteiger partial charge in [-0.15, -0.1) is 0 Å². The lowest BCUT2D eigenvalue weighted by atomic mass is 10.0. The molecule has 0 fully saturated rings. The normalized spacial score (nSPS) is 12.6. The zero-order valence-electron chi connectivity index (χ0n) is 12.7. The van der Waals surface area contributed by atoms with Crippen LogP contribution in [0.5, 0.6) is 0 Å². The Balaban J connectivity index is 2.28. The number of likely N-dealkylation sites (N-methyl/N-ethyl adjacent to an activating group) is 1. The molecule has 0 radical (unpaired) electrons. The SMILES string of the molecule is CCc1cc(CC(NC)c2ccc(F)cc2F)n(CC)n1. The second-order valence-electron chi connectivity index (χ2n) is 5.01. The highest BCUT2D eigenvalue weighted by atomic mass is 19.1.